The van der Waals surface area contributed by atoms with Gasteiger partial charge in [-0.1, -0.05) is 169 Å². The number of carbonyl (C=O) groups excluding carboxylic acids is 2. The molecule has 0 aromatic heterocycles. The Morgan fingerprint density at radius 2 is 1.10 bits per heavy atom. The molecule has 0 radical (unpaired) electrons. The van der Waals surface area contributed by atoms with Gasteiger partial charge in [-0.05, 0) is 83.3 Å². The average molecular weight is 706 g/mol. The fourth-order valence-corrected chi connectivity index (χ4v) is 8.33. The minimum atomic E-state index is -0.0682. The molecule has 4 atom stereocenters. The first-order valence-corrected chi connectivity index (χ1v) is 22.4. The van der Waals surface area contributed by atoms with Crippen molar-refractivity contribution in [3.63, 3.8) is 0 Å². The molecule has 1 aliphatic rings. The number of nitrogens with zero attached hydrogens (tertiary/aromatic N) is 1. The number of esters is 2. The molecule has 5 nitrogen and oxygen atoms in total. The second kappa shape index (κ2) is 32.5. The van der Waals surface area contributed by atoms with Gasteiger partial charge in [0.2, 0.25) is 0 Å². The Balaban J connectivity index is 2.89. The van der Waals surface area contributed by atoms with Crippen LogP contribution in [0.3, 0.4) is 0 Å². The van der Waals surface area contributed by atoms with Gasteiger partial charge in [0.1, 0.15) is 12.2 Å². The lowest BCUT2D eigenvalue weighted by molar-refractivity contribution is -0.153. The molecular weight excluding hydrogens is 618 g/mol. The molecular formula is C45H87NO4. The van der Waals surface area contributed by atoms with Gasteiger partial charge in [-0.2, -0.15) is 0 Å². The highest BCUT2D eigenvalue weighted by Gasteiger charge is 2.39. The Morgan fingerprint density at radius 1 is 0.600 bits per heavy atom. The van der Waals surface area contributed by atoms with Crippen LogP contribution in [0.1, 0.15) is 227 Å². The van der Waals surface area contributed by atoms with Gasteiger partial charge >= 0.3 is 11.9 Å². The molecule has 0 amide bonds. The van der Waals surface area contributed by atoms with E-state index in [0.717, 1.165) is 57.9 Å². The van der Waals surface area contributed by atoms with Crippen LogP contribution in [0.15, 0.2) is 0 Å². The maximum Gasteiger partial charge on any atom is 0.306 e. The summed E-state index contributed by atoms with van der Waals surface area (Å²) in [5.74, 6) is 1.13. The molecule has 4 unspecified atom stereocenters. The summed E-state index contributed by atoms with van der Waals surface area (Å²) in [5, 5.41) is 0. The first-order valence-electron chi connectivity index (χ1n) is 22.4. The van der Waals surface area contributed by atoms with Crippen LogP contribution in [-0.4, -0.2) is 49.7 Å². The van der Waals surface area contributed by atoms with E-state index in [4.69, 9.17) is 9.47 Å². The molecule has 5 heteroatoms. The highest BCUT2D eigenvalue weighted by atomic mass is 16.5. The van der Waals surface area contributed by atoms with Gasteiger partial charge in [0.05, 0.1) is 0 Å². The predicted molar refractivity (Wildman–Crippen MR) is 215 cm³/mol. The third kappa shape index (κ3) is 25.0. The Bertz CT molecular complexity index is 769. The molecule has 1 fully saturated rings. The van der Waals surface area contributed by atoms with Gasteiger partial charge < -0.3 is 14.4 Å². The van der Waals surface area contributed by atoms with Crippen molar-refractivity contribution in [2.45, 2.75) is 239 Å². The van der Waals surface area contributed by atoms with E-state index in [0.29, 0.717) is 18.8 Å². The lowest BCUT2D eigenvalue weighted by Crippen LogP contribution is -2.28. The fraction of sp³-hybridized carbons (Fsp3) is 0.956. The smallest absolute Gasteiger partial charge is 0.306 e. The second-order valence-electron chi connectivity index (χ2n) is 16.5. The standard InChI is InChI=1S/C45H87NO4/c1-7-11-15-18-21-25-29-39(30-26-22-19-16-12-8-2)37-41(31-27-23-20-17-13-9-3)49-45(48)38-40-34-35-43(42(40)32-24-14-10-4)50-44(47)33-28-36-46(5)6/h39-43H,7-38H2,1-6H3. The molecule has 0 aromatic rings. The summed E-state index contributed by atoms with van der Waals surface area (Å²) in [6.07, 6.45) is 36.5. The molecule has 1 aliphatic carbocycles. The minimum absolute atomic E-state index is 0.00214. The van der Waals surface area contributed by atoms with Crippen LogP contribution in [0.4, 0.5) is 0 Å². The largest absolute Gasteiger partial charge is 0.462 e. The van der Waals surface area contributed by atoms with E-state index < -0.39 is 0 Å². The molecule has 0 spiro atoms. The van der Waals surface area contributed by atoms with Crippen LogP contribution in [-0.2, 0) is 19.1 Å². The van der Waals surface area contributed by atoms with Crippen molar-refractivity contribution in [1.82, 2.24) is 4.90 Å². The maximum atomic E-state index is 13.8. The zero-order chi connectivity index (χ0) is 36.7. The summed E-state index contributed by atoms with van der Waals surface area (Å²) in [6.45, 7) is 10.0. The molecule has 0 N–H and O–H groups in total. The van der Waals surface area contributed by atoms with E-state index in [-0.39, 0.29) is 36.0 Å². The van der Waals surface area contributed by atoms with Gasteiger partial charge in [-0.3, -0.25) is 9.59 Å². The van der Waals surface area contributed by atoms with Gasteiger partial charge in [0, 0.05) is 12.8 Å². The van der Waals surface area contributed by atoms with Crippen molar-refractivity contribution in [3.8, 4) is 0 Å². The van der Waals surface area contributed by atoms with Crippen LogP contribution in [0.2, 0.25) is 0 Å². The van der Waals surface area contributed by atoms with Crippen LogP contribution in [0, 0.1) is 17.8 Å². The molecule has 1 rings (SSSR count). The van der Waals surface area contributed by atoms with Crippen molar-refractivity contribution >= 4 is 11.9 Å². The summed E-state index contributed by atoms with van der Waals surface area (Å²) >= 11 is 0. The minimum Gasteiger partial charge on any atom is -0.462 e. The average Bonchev–Trinajstić information content (AvgIpc) is 3.45. The first kappa shape index (κ1) is 46.9. The molecule has 296 valence electrons. The third-order valence-electron chi connectivity index (χ3n) is 11.4. The van der Waals surface area contributed by atoms with Gasteiger partial charge in [0.15, 0.2) is 0 Å². The van der Waals surface area contributed by atoms with Crippen LogP contribution in [0.25, 0.3) is 0 Å². The molecule has 0 aromatic carbocycles. The zero-order valence-electron chi connectivity index (χ0n) is 34.6. The monoisotopic (exact) mass is 706 g/mol. The quantitative estimate of drug-likeness (QED) is 0.0485. The van der Waals surface area contributed by atoms with Crippen LogP contribution < -0.4 is 0 Å². The number of unbranched alkanes of at least 4 members (excludes halogenated alkanes) is 17. The van der Waals surface area contributed by atoms with Crippen LogP contribution >= 0.6 is 0 Å². The summed E-state index contributed by atoms with van der Waals surface area (Å²) in [7, 11) is 4.08. The lowest BCUT2D eigenvalue weighted by atomic mass is 9.87. The van der Waals surface area contributed by atoms with Crippen LogP contribution in [0.5, 0.6) is 0 Å². The molecule has 50 heavy (non-hydrogen) atoms. The van der Waals surface area contributed by atoms with Gasteiger partial charge in [-0.15, -0.1) is 0 Å². The van der Waals surface area contributed by atoms with Crippen molar-refractivity contribution in [1.29, 1.82) is 0 Å². The Hall–Kier alpha value is -1.10. The van der Waals surface area contributed by atoms with E-state index >= 15 is 0 Å². The van der Waals surface area contributed by atoms with E-state index in [2.05, 4.69) is 32.6 Å². The molecule has 0 saturated heterocycles. The number of hydrogen-bond donors (Lipinski definition) is 0. The summed E-state index contributed by atoms with van der Waals surface area (Å²) in [5.41, 5.74) is 0. The maximum absolute atomic E-state index is 13.8. The summed E-state index contributed by atoms with van der Waals surface area (Å²) < 4.78 is 12.6. The van der Waals surface area contributed by atoms with E-state index in [1.54, 1.807) is 0 Å². The predicted octanol–water partition coefficient (Wildman–Crippen LogP) is 13.4. The summed E-state index contributed by atoms with van der Waals surface area (Å²) in [4.78, 5) is 28.6. The molecule has 0 bridgehead atoms. The number of ether oxygens (including phenoxy) is 2. The lowest BCUT2D eigenvalue weighted by Gasteiger charge is -2.27. The van der Waals surface area contributed by atoms with E-state index in [1.807, 2.05) is 14.1 Å². The van der Waals surface area contributed by atoms with Crippen molar-refractivity contribution in [2.75, 3.05) is 20.6 Å². The van der Waals surface area contributed by atoms with Crippen molar-refractivity contribution in [3.05, 3.63) is 0 Å². The number of hydrogen-bond acceptors (Lipinski definition) is 5. The summed E-state index contributed by atoms with van der Waals surface area (Å²) in [6, 6.07) is 0. The Morgan fingerprint density at radius 3 is 1.64 bits per heavy atom. The van der Waals surface area contributed by atoms with Gasteiger partial charge in [0.25, 0.3) is 0 Å². The zero-order valence-corrected chi connectivity index (χ0v) is 34.6. The van der Waals surface area contributed by atoms with E-state index in [9.17, 15) is 9.59 Å². The highest BCUT2D eigenvalue weighted by molar-refractivity contribution is 5.70. The Kier molecular flexibility index (Phi) is 30.5. The van der Waals surface area contributed by atoms with Gasteiger partial charge in [-0.25, -0.2) is 0 Å². The molecule has 0 heterocycles. The number of rotatable bonds is 35. The first-order chi connectivity index (χ1) is 24.3. The third-order valence-corrected chi connectivity index (χ3v) is 11.4. The van der Waals surface area contributed by atoms with Crippen molar-refractivity contribution in [2.24, 2.45) is 17.8 Å². The highest BCUT2D eigenvalue weighted by Crippen LogP contribution is 2.40. The second-order valence-corrected chi connectivity index (χ2v) is 16.5. The van der Waals surface area contributed by atoms with Crippen molar-refractivity contribution < 1.29 is 19.1 Å². The number of carbonyl (C=O) groups is 2. The Labute approximate surface area is 312 Å². The molecule has 1 saturated carbocycles. The fourth-order valence-electron chi connectivity index (χ4n) is 8.33. The SMILES string of the molecule is CCCCCCCCC(CCCCCCCC)CC(CCCCCCCC)OC(=O)CC1CCC(OC(=O)CCCN(C)C)C1CCCCC. The normalized spacial score (nSPS) is 18.3. The topological polar surface area (TPSA) is 55.8 Å². The molecule has 0 aliphatic heterocycles. The van der Waals surface area contributed by atoms with E-state index in [1.165, 1.54) is 135 Å².